The van der Waals surface area contributed by atoms with Crippen molar-refractivity contribution in [1.82, 2.24) is 0 Å². The summed E-state index contributed by atoms with van der Waals surface area (Å²) in [6, 6.07) is 10.7. The Bertz CT molecular complexity index is 418. The van der Waals surface area contributed by atoms with E-state index in [9.17, 15) is 0 Å². The summed E-state index contributed by atoms with van der Waals surface area (Å²) >= 11 is 0. The molecule has 0 aromatic heterocycles. The minimum atomic E-state index is -0.307. The fourth-order valence-electron chi connectivity index (χ4n) is 1.95. The van der Waals surface area contributed by atoms with Gasteiger partial charge in [0.05, 0.1) is 19.3 Å². The molecule has 0 N–H and O–H groups in total. The summed E-state index contributed by atoms with van der Waals surface area (Å²) in [5.74, 6) is 0. The molecule has 0 unspecified atom stereocenters. The number of nitriles is 1. The highest BCUT2D eigenvalue weighted by molar-refractivity contribution is 5.48. The normalized spacial score (nSPS) is 17.3. The van der Waals surface area contributed by atoms with E-state index in [2.05, 4.69) is 36.1 Å². The predicted molar refractivity (Wildman–Crippen MR) is 63.3 cm³/mol. The van der Waals surface area contributed by atoms with Crippen LogP contribution in [0.15, 0.2) is 24.3 Å². The summed E-state index contributed by atoms with van der Waals surface area (Å²) in [7, 11) is 2.02. The molecular formula is C13H16N2O. The Balaban J connectivity index is 2.08. The lowest BCUT2D eigenvalue weighted by molar-refractivity contribution is -0.0716. The Morgan fingerprint density at radius 2 is 2.25 bits per heavy atom. The van der Waals surface area contributed by atoms with E-state index in [-0.39, 0.29) is 5.41 Å². The molecule has 0 spiro atoms. The predicted octanol–water partition coefficient (Wildman–Crippen LogP) is 1.97. The van der Waals surface area contributed by atoms with Gasteiger partial charge in [-0.3, -0.25) is 0 Å². The maximum atomic E-state index is 9.13. The highest BCUT2D eigenvalue weighted by atomic mass is 16.5. The Morgan fingerprint density at radius 3 is 2.75 bits per heavy atom. The molecule has 3 nitrogen and oxygen atoms in total. The van der Waals surface area contributed by atoms with E-state index in [0.29, 0.717) is 13.2 Å². The van der Waals surface area contributed by atoms with Crippen LogP contribution >= 0.6 is 0 Å². The van der Waals surface area contributed by atoms with Gasteiger partial charge in [-0.15, -0.1) is 0 Å². The lowest BCUT2D eigenvalue weighted by Gasteiger charge is -2.38. The number of ether oxygens (including phenoxy) is 1. The lowest BCUT2D eigenvalue weighted by Crippen LogP contribution is -2.49. The molecule has 1 aromatic carbocycles. The zero-order valence-electron chi connectivity index (χ0n) is 9.73. The van der Waals surface area contributed by atoms with Crippen LogP contribution in [0.1, 0.15) is 5.56 Å². The van der Waals surface area contributed by atoms with Crippen molar-refractivity contribution in [3.8, 4) is 6.07 Å². The van der Waals surface area contributed by atoms with E-state index in [4.69, 9.17) is 10.00 Å². The van der Waals surface area contributed by atoms with E-state index in [1.54, 1.807) is 0 Å². The zero-order chi connectivity index (χ0) is 11.6. The molecule has 0 atom stereocenters. The lowest BCUT2D eigenvalue weighted by atomic mass is 9.87. The molecule has 0 bridgehead atoms. The second kappa shape index (κ2) is 4.15. The third-order valence-corrected chi connectivity index (χ3v) is 2.98. The van der Waals surface area contributed by atoms with Gasteiger partial charge in [0.15, 0.2) is 0 Å². The van der Waals surface area contributed by atoms with Crippen LogP contribution < -0.4 is 4.90 Å². The van der Waals surface area contributed by atoms with Crippen LogP contribution in [0, 0.1) is 23.7 Å². The Kier molecular flexibility index (Phi) is 2.84. The molecule has 1 aliphatic heterocycles. The van der Waals surface area contributed by atoms with E-state index < -0.39 is 0 Å². The van der Waals surface area contributed by atoms with Crippen LogP contribution in [0.5, 0.6) is 0 Å². The van der Waals surface area contributed by atoms with Crippen molar-refractivity contribution >= 4 is 5.69 Å². The van der Waals surface area contributed by atoms with Crippen LogP contribution in [-0.2, 0) is 4.74 Å². The van der Waals surface area contributed by atoms with Crippen LogP contribution in [0.2, 0.25) is 0 Å². The summed E-state index contributed by atoms with van der Waals surface area (Å²) in [6.45, 7) is 3.91. The quantitative estimate of drug-likeness (QED) is 0.775. The minimum Gasteiger partial charge on any atom is -0.378 e. The highest BCUT2D eigenvalue weighted by Crippen LogP contribution is 2.29. The molecule has 16 heavy (non-hydrogen) atoms. The first-order valence-corrected chi connectivity index (χ1v) is 5.42. The van der Waals surface area contributed by atoms with Gasteiger partial charge in [0.25, 0.3) is 0 Å². The number of hydrogen-bond acceptors (Lipinski definition) is 3. The van der Waals surface area contributed by atoms with E-state index >= 15 is 0 Å². The highest BCUT2D eigenvalue weighted by Gasteiger charge is 2.40. The first-order valence-electron chi connectivity index (χ1n) is 5.42. The van der Waals surface area contributed by atoms with Crippen molar-refractivity contribution in [2.24, 2.45) is 5.41 Å². The summed E-state index contributed by atoms with van der Waals surface area (Å²) in [4.78, 5) is 2.12. The third-order valence-electron chi connectivity index (χ3n) is 2.98. The Morgan fingerprint density at radius 1 is 1.50 bits per heavy atom. The third kappa shape index (κ3) is 2.02. The van der Waals surface area contributed by atoms with Crippen LogP contribution in [0.4, 0.5) is 5.69 Å². The molecule has 0 amide bonds. The summed E-state index contributed by atoms with van der Waals surface area (Å²) < 4.78 is 5.14. The number of nitrogens with zero attached hydrogens (tertiary/aromatic N) is 2. The minimum absolute atomic E-state index is 0.307. The van der Waals surface area contributed by atoms with Crippen molar-refractivity contribution in [2.75, 3.05) is 31.7 Å². The van der Waals surface area contributed by atoms with Gasteiger partial charge < -0.3 is 9.64 Å². The molecular weight excluding hydrogens is 200 g/mol. The average Bonchev–Trinajstić information content (AvgIpc) is 2.23. The largest absolute Gasteiger partial charge is 0.378 e. The smallest absolute Gasteiger partial charge is 0.121 e. The first-order chi connectivity index (χ1) is 7.65. The molecule has 1 fully saturated rings. The second-order valence-corrected chi connectivity index (χ2v) is 4.58. The van der Waals surface area contributed by atoms with Gasteiger partial charge in [0.1, 0.15) is 5.41 Å². The van der Waals surface area contributed by atoms with Gasteiger partial charge in [-0.1, -0.05) is 12.1 Å². The maximum Gasteiger partial charge on any atom is 0.121 e. The van der Waals surface area contributed by atoms with Crippen LogP contribution in [-0.4, -0.2) is 26.8 Å². The number of anilines is 1. The van der Waals surface area contributed by atoms with Crippen LogP contribution in [0.25, 0.3) is 0 Å². The SMILES string of the molecule is Cc1cccc(N(C)CC2(C#N)COC2)c1. The Hall–Kier alpha value is -1.53. The van der Waals surface area contributed by atoms with Crippen molar-refractivity contribution in [2.45, 2.75) is 6.92 Å². The fraction of sp³-hybridized carbons (Fsp3) is 0.462. The molecule has 0 radical (unpaired) electrons. The van der Waals surface area contributed by atoms with Gasteiger partial charge in [-0.25, -0.2) is 0 Å². The molecule has 1 aliphatic rings. The zero-order valence-corrected chi connectivity index (χ0v) is 9.73. The summed E-state index contributed by atoms with van der Waals surface area (Å²) in [5.41, 5.74) is 2.08. The van der Waals surface area contributed by atoms with E-state index in [1.807, 2.05) is 13.1 Å². The summed E-state index contributed by atoms with van der Waals surface area (Å²) in [6.07, 6.45) is 0. The number of benzene rings is 1. The molecule has 0 aliphatic carbocycles. The van der Waals surface area contributed by atoms with Crippen molar-refractivity contribution in [3.05, 3.63) is 29.8 Å². The van der Waals surface area contributed by atoms with Gasteiger partial charge in [-0.05, 0) is 24.6 Å². The molecule has 3 heteroatoms. The fourth-order valence-corrected chi connectivity index (χ4v) is 1.95. The van der Waals surface area contributed by atoms with Crippen molar-refractivity contribution in [3.63, 3.8) is 0 Å². The molecule has 84 valence electrons. The number of hydrogen-bond donors (Lipinski definition) is 0. The molecule has 0 saturated carbocycles. The average molecular weight is 216 g/mol. The molecule has 1 saturated heterocycles. The van der Waals surface area contributed by atoms with E-state index in [0.717, 1.165) is 12.2 Å². The van der Waals surface area contributed by atoms with Gasteiger partial charge in [-0.2, -0.15) is 5.26 Å². The van der Waals surface area contributed by atoms with Crippen molar-refractivity contribution in [1.29, 1.82) is 5.26 Å². The molecule has 1 heterocycles. The second-order valence-electron chi connectivity index (χ2n) is 4.58. The van der Waals surface area contributed by atoms with Gasteiger partial charge in [0, 0.05) is 19.3 Å². The van der Waals surface area contributed by atoms with Gasteiger partial charge in [0.2, 0.25) is 0 Å². The van der Waals surface area contributed by atoms with Gasteiger partial charge >= 0.3 is 0 Å². The maximum absolute atomic E-state index is 9.13. The number of aryl methyl sites for hydroxylation is 1. The van der Waals surface area contributed by atoms with E-state index in [1.165, 1.54) is 5.56 Å². The van der Waals surface area contributed by atoms with Crippen molar-refractivity contribution < 1.29 is 4.74 Å². The standard InChI is InChI=1S/C13H16N2O/c1-11-4-3-5-12(6-11)15(2)8-13(7-14)9-16-10-13/h3-6H,8-10H2,1-2H3. The van der Waals surface area contributed by atoms with Crippen LogP contribution in [0.3, 0.4) is 0 Å². The number of rotatable bonds is 3. The molecule has 1 aromatic rings. The molecule has 2 rings (SSSR count). The first kappa shape index (κ1) is 11.0. The Labute approximate surface area is 96.2 Å². The topological polar surface area (TPSA) is 36.3 Å². The summed E-state index contributed by atoms with van der Waals surface area (Å²) in [5, 5.41) is 9.13. The monoisotopic (exact) mass is 216 g/mol.